The second kappa shape index (κ2) is 4.92. The molecule has 0 radical (unpaired) electrons. The van der Waals surface area contributed by atoms with Crippen LogP contribution in [-0.2, 0) is 6.42 Å². The molecule has 0 saturated carbocycles. The van der Waals surface area contributed by atoms with Gasteiger partial charge in [0, 0.05) is 22.9 Å². The average molecular weight is 256 g/mol. The molecule has 1 aromatic carbocycles. The summed E-state index contributed by atoms with van der Waals surface area (Å²) in [6, 6.07) is 7.09. The van der Waals surface area contributed by atoms with E-state index >= 15 is 0 Å². The highest BCUT2D eigenvalue weighted by molar-refractivity contribution is 5.94. The second-order valence-electron chi connectivity index (χ2n) is 4.86. The van der Waals surface area contributed by atoms with Gasteiger partial charge >= 0.3 is 5.63 Å². The number of rotatable bonds is 4. The van der Waals surface area contributed by atoms with Gasteiger partial charge in [0.05, 0.1) is 6.26 Å². The smallest absolute Gasteiger partial charge is 0.336 e. The molecule has 3 heteroatoms. The minimum Gasteiger partial charge on any atom is -0.464 e. The molecule has 0 N–H and O–H groups in total. The highest BCUT2D eigenvalue weighted by atomic mass is 16.4. The maximum absolute atomic E-state index is 11.2. The van der Waals surface area contributed by atoms with Crippen molar-refractivity contribution in [2.24, 2.45) is 0 Å². The number of unbranched alkanes of at least 4 members (excludes halogenated alkanes) is 2. The second-order valence-corrected chi connectivity index (χ2v) is 4.86. The van der Waals surface area contributed by atoms with Gasteiger partial charge in [0.25, 0.3) is 0 Å². The van der Waals surface area contributed by atoms with Gasteiger partial charge in [-0.25, -0.2) is 4.79 Å². The molecule has 0 fully saturated rings. The summed E-state index contributed by atoms with van der Waals surface area (Å²) in [5.74, 6) is 0. The first-order valence-electron chi connectivity index (χ1n) is 6.72. The Balaban J connectivity index is 2.07. The van der Waals surface area contributed by atoms with Crippen LogP contribution in [0.1, 0.15) is 31.7 Å². The third kappa shape index (κ3) is 2.28. The summed E-state index contributed by atoms with van der Waals surface area (Å²) >= 11 is 0. The Morgan fingerprint density at radius 1 is 1.11 bits per heavy atom. The van der Waals surface area contributed by atoms with Crippen LogP contribution in [0.2, 0.25) is 0 Å². The molecule has 0 saturated heterocycles. The van der Waals surface area contributed by atoms with E-state index in [9.17, 15) is 4.79 Å². The molecule has 0 aliphatic carbocycles. The minimum absolute atomic E-state index is 0.332. The lowest BCUT2D eigenvalue weighted by Crippen LogP contribution is -1.94. The molecule has 98 valence electrons. The van der Waals surface area contributed by atoms with Gasteiger partial charge in [-0.2, -0.15) is 0 Å². The van der Waals surface area contributed by atoms with Crippen LogP contribution in [0.4, 0.5) is 0 Å². The summed E-state index contributed by atoms with van der Waals surface area (Å²) in [6.07, 6.45) is 6.46. The summed E-state index contributed by atoms with van der Waals surface area (Å²) in [7, 11) is 0. The standard InChI is InChI=1S/C16H16O3/c1-2-3-4-5-12-10-18-15-9-14-11(8-13(12)15)6-7-16(17)19-14/h6-10H,2-5H2,1H3. The minimum atomic E-state index is -0.332. The summed E-state index contributed by atoms with van der Waals surface area (Å²) in [6.45, 7) is 2.20. The van der Waals surface area contributed by atoms with Crippen LogP contribution in [0.3, 0.4) is 0 Å². The first-order valence-corrected chi connectivity index (χ1v) is 6.72. The summed E-state index contributed by atoms with van der Waals surface area (Å²) in [4.78, 5) is 11.2. The molecule has 0 unspecified atom stereocenters. The predicted molar refractivity (Wildman–Crippen MR) is 75.5 cm³/mol. The number of aryl methyl sites for hydroxylation is 1. The van der Waals surface area contributed by atoms with Crippen LogP contribution >= 0.6 is 0 Å². The largest absolute Gasteiger partial charge is 0.464 e. The van der Waals surface area contributed by atoms with Gasteiger partial charge in [0.1, 0.15) is 11.2 Å². The van der Waals surface area contributed by atoms with Gasteiger partial charge in [-0.15, -0.1) is 0 Å². The summed E-state index contributed by atoms with van der Waals surface area (Å²) in [5.41, 5.74) is 2.26. The number of benzene rings is 1. The lowest BCUT2D eigenvalue weighted by molar-refractivity contribution is 0.559. The first kappa shape index (κ1) is 12.0. The number of furan rings is 1. The number of hydrogen-bond donors (Lipinski definition) is 0. The highest BCUT2D eigenvalue weighted by Crippen LogP contribution is 2.27. The molecule has 3 nitrogen and oxygen atoms in total. The highest BCUT2D eigenvalue weighted by Gasteiger charge is 2.08. The SMILES string of the molecule is CCCCCc1coc2cc3oc(=O)ccc3cc12. The molecule has 0 aliphatic heterocycles. The molecule has 3 rings (SSSR count). The number of fused-ring (bicyclic) bond motifs is 2. The number of hydrogen-bond acceptors (Lipinski definition) is 3. The van der Waals surface area contributed by atoms with E-state index in [2.05, 4.69) is 6.92 Å². The molecule has 3 aromatic rings. The van der Waals surface area contributed by atoms with E-state index in [-0.39, 0.29) is 5.63 Å². The van der Waals surface area contributed by atoms with Gasteiger partial charge in [0.2, 0.25) is 0 Å². The summed E-state index contributed by atoms with van der Waals surface area (Å²) < 4.78 is 10.7. The van der Waals surface area contributed by atoms with Gasteiger partial charge in [0.15, 0.2) is 0 Å². The third-order valence-corrected chi connectivity index (χ3v) is 3.45. The van der Waals surface area contributed by atoms with Crippen LogP contribution in [0.5, 0.6) is 0 Å². The van der Waals surface area contributed by atoms with E-state index < -0.39 is 0 Å². The molecular formula is C16H16O3. The first-order chi connectivity index (χ1) is 9.28. The van der Waals surface area contributed by atoms with Gasteiger partial charge in [-0.3, -0.25) is 0 Å². The van der Waals surface area contributed by atoms with Gasteiger partial charge < -0.3 is 8.83 Å². The lowest BCUT2D eigenvalue weighted by Gasteiger charge is -1.99. The Hall–Kier alpha value is -2.03. The Morgan fingerprint density at radius 2 is 2.00 bits per heavy atom. The van der Waals surface area contributed by atoms with Gasteiger partial charge in [-0.05, 0) is 30.5 Å². The van der Waals surface area contributed by atoms with Crippen molar-refractivity contribution >= 4 is 21.9 Å². The van der Waals surface area contributed by atoms with E-state index in [0.717, 1.165) is 22.8 Å². The van der Waals surface area contributed by atoms with E-state index in [1.165, 1.54) is 30.9 Å². The van der Waals surface area contributed by atoms with E-state index in [4.69, 9.17) is 8.83 Å². The van der Waals surface area contributed by atoms with E-state index in [1.54, 1.807) is 12.1 Å². The monoisotopic (exact) mass is 256 g/mol. The van der Waals surface area contributed by atoms with Crippen LogP contribution in [0.15, 0.2) is 44.2 Å². The zero-order chi connectivity index (χ0) is 13.2. The van der Waals surface area contributed by atoms with Crippen molar-refractivity contribution in [3.05, 3.63) is 46.5 Å². The molecule has 0 bridgehead atoms. The zero-order valence-corrected chi connectivity index (χ0v) is 10.9. The maximum atomic E-state index is 11.2. The van der Waals surface area contributed by atoms with Crippen molar-refractivity contribution in [1.29, 1.82) is 0 Å². The van der Waals surface area contributed by atoms with E-state index in [0.29, 0.717) is 5.58 Å². The van der Waals surface area contributed by atoms with Crippen molar-refractivity contribution in [2.75, 3.05) is 0 Å². The van der Waals surface area contributed by atoms with Crippen molar-refractivity contribution in [2.45, 2.75) is 32.6 Å². The van der Waals surface area contributed by atoms with Crippen molar-refractivity contribution in [1.82, 2.24) is 0 Å². The molecule has 0 atom stereocenters. The Morgan fingerprint density at radius 3 is 2.84 bits per heavy atom. The fourth-order valence-electron chi connectivity index (χ4n) is 2.40. The molecular weight excluding hydrogens is 240 g/mol. The topological polar surface area (TPSA) is 43.4 Å². The molecule has 2 heterocycles. The normalized spacial score (nSPS) is 11.4. The fraction of sp³-hybridized carbons (Fsp3) is 0.312. The third-order valence-electron chi connectivity index (χ3n) is 3.45. The lowest BCUT2D eigenvalue weighted by atomic mass is 10.0. The predicted octanol–water partition coefficient (Wildman–Crippen LogP) is 4.27. The quantitative estimate of drug-likeness (QED) is 0.517. The zero-order valence-electron chi connectivity index (χ0n) is 10.9. The van der Waals surface area contributed by atoms with Crippen molar-refractivity contribution in [3.8, 4) is 0 Å². The molecule has 19 heavy (non-hydrogen) atoms. The summed E-state index contributed by atoms with van der Waals surface area (Å²) in [5, 5.41) is 2.06. The van der Waals surface area contributed by atoms with Crippen LogP contribution in [-0.4, -0.2) is 0 Å². The maximum Gasteiger partial charge on any atom is 0.336 e. The van der Waals surface area contributed by atoms with E-state index in [1.807, 2.05) is 12.3 Å². The van der Waals surface area contributed by atoms with Crippen LogP contribution in [0.25, 0.3) is 21.9 Å². The van der Waals surface area contributed by atoms with Crippen molar-refractivity contribution in [3.63, 3.8) is 0 Å². The van der Waals surface area contributed by atoms with Crippen LogP contribution in [0, 0.1) is 0 Å². The fourth-order valence-corrected chi connectivity index (χ4v) is 2.40. The Labute approximate surface area is 110 Å². The average Bonchev–Trinajstić information content (AvgIpc) is 2.79. The molecule has 2 aromatic heterocycles. The Kier molecular flexibility index (Phi) is 3.11. The Bertz CT molecular complexity index is 764. The van der Waals surface area contributed by atoms with Crippen molar-refractivity contribution < 1.29 is 8.83 Å². The molecule has 0 amide bonds. The molecule has 0 aliphatic rings. The van der Waals surface area contributed by atoms with Crippen LogP contribution < -0.4 is 5.63 Å². The van der Waals surface area contributed by atoms with Gasteiger partial charge in [-0.1, -0.05) is 19.8 Å². The molecule has 0 spiro atoms.